The number of hydrogen-bond acceptors (Lipinski definition) is 6. The van der Waals surface area contributed by atoms with Crippen LogP contribution in [0.3, 0.4) is 0 Å². The molecule has 1 aliphatic heterocycles. The van der Waals surface area contributed by atoms with Gasteiger partial charge in [0.25, 0.3) is 0 Å². The lowest BCUT2D eigenvalue weighted by Crippen LogP contribution is -2.29. The molecule has 4 rings (SSSR count). The Morgan fingerprint density at radius 3 is 2.50 bits per heavy atom. The maximum atomic E-state index is 13.3. The zero-order chi connectivity index (χ0) is 21.1. The quantitative estimate of drug-likeness (QED) is 0.596. The lowest BCUT2D eigenvalue weighted by atomic mass is 9.95. The number of hydrogen-bond donors (Lipinski definition) is 1. The molecule has 1 aliphatic rings. The first-order valence-corrected chi connectivity index (χ1v) is 9.86. The molecule has 0 saturated carbocycles. The van der Waals surface area contributed by atoms with Crippen molar-refractivity contribution >= 4 is 23.2 Å². The Bertz CT molecular complexity index is 1060. The van der Waals surface area contributed by atoms with E-state index in [9.17, 15) is 4.79 Å². The molecule has 30 heavy (non-hydrogen) atoms. The van der Waals surface area contributed by atoms with Gasteiger partial charge >= 0.3 is 0 Å². The average molecular weight is 425 g/mol. The number of nitrogens with one attached hydrogen (secondary N) is 1. The minimum absolute atomic E-state index is 0.183. The molecule has 1 aromatic heterocycles. The number of carbonyl (C=O) groups excluding carboxylic acids is 1. The highest BCUT2D eigenvalue weighted by Crippen LogP contribution is 2.39. The Morgan fingerprint density at radius 2 is 1.83 bits per heavy atom. The summed E-state index contributed by atoms with van der Waals surface area (Å²) in [5.74, 6) is -0.253. The van der Waals surface area contributed by atoms with Gasteiger partial charge in [0.2, 0.25) is 5.79 Å². The number of pyridine rings is 1. The molecule has 0 bridgehead atoms. The van der Waals surface area contributed by atoms with E-state index in [1.807, 2.05) is 12.1 Å². The number of anilines is 1. The van der Waals surface area contributed by atoms with Crippen molar-refractivity contribution < 1.29 is 19.0 Å². The number of benzene rings is 2. The van der Waals surface area contributed by atoms with Gasteiger partial charge in [0.15, 0.2) is 5.78 Å². The molecule has 1 saturated heterocycles. The zero-order valence-electron chi connectivity index (χ0n) is 16.6. The van der Waals surface area contributed by atoms with Gasteiger partial charge < -0.3 is 19.5 Å². The van der Waals surface area contributed by atoms with Crippen molar-refractivity contribution in [2.45, 2.75) is 5.79 Å². The fourth-order valence-corrected chi connectivity index (χ4v) is 3.64. The lowest BCUT2D eigenvalue weighted by Gasteiger charge is -2.28. The van der Waals surface area contributed by atoms with E-state index >= 15 is 0 Å². The maximum absolute atomic E-state index is 13.3. The van der Waals surface area contributed by atoms with Crippen molar-refractivity contribution in [3.8, 4) is 5.75 Å². The molecule has 0 aliphatic carbocycles. The van der Waals surface area contributed by atoms with Crippen molar-refractivity contribution in [1.82, 2.24) is 4.98 Å². The highest BCUT2D eigenvalue weighted by atomic mass is 35.5. The van der Waals surface area contributed by atoms with Gasteiger partial charge in [0.1, 0.15) is 11.6 Å². The molecule has 1 fully saturated rings. The van der Waals surface area contributed by atoms with Gasteiger partial charge in [-0.2, -0.15) is 0 Å². The Balaban J connectivity index is 1.81. The maximum Gasteiger partial charge on any atom is 0.224 e. The van der Waals surface area contributed by atoms with Crippen molar-refractivity contribution in [2.75, 3.05) is 32.7 Å². The summed E-state index contributed by atoms with van der Waals surface area (Å²) >= 11 is 6.05. The van der Waals surface area contributed by atoms with Gasteiger partial charge in [-0.3, -0.25) is 4.79 Å². The van der Waals surface area contributed by atoms with Crippen LogP contribution >= 0.6 is 11.6 Å². The Hall–Kier alpha value is -2.93. The van der Waals surface area contributed by atoms with E-state index in [2.05, 4.69) is 10.3 Å². The molecule has 3 aromatic rings. The van der Waals surface area contributed by atoms with Crippen LogP contribution in [0.25, 0.3) is 0 Å². The third kappa shape index (κ3) is 3.65. The normalized spacial score (nSPS) is 15.0. The number of methoxy groups -OCH3 is 1. The van der Waals surface area contributed by atoms with Crippen LogP contribution in [0.15, 0.2) is 60.8 Å². The molecular formula is C23H21ClN2O4. The van der Waals surface area contributed by atoms with Gasteiger partial charge in [-0.1, -0.05) is 35.9 Å². The largest absolute Gasteiger partial charge is 0.497 e. The summed E-state index contributed by atoms with van der Waals surface area (Å²) in [6.07, 6.45) is 1.66. The topological polar surface area (TPSA) is 69.7 Å². The second-order valence-electron chi connectivity index (χ2n) is 6.75. The van der Waals surface area contributed by atoms with E-state index in [0.29, 0.717) is 46.5 Å². The molecular weight excluding hydrogens is 404 g/mol. The summed E-state index contributed by atoms with van der Waals surface area (Å²) in [6.45, 7) is 0.852. The van der Waals surface area contributed by atoms with Crippen LogP contribution in [0.4, 0.5) is 5.82 Å². The first kappa shape index (κ1) is 20.3. The third-order valence-corrected chi connectivity index (χ3v) is 5.25. The number of halogens is 1. The highest BCUT2D eigenvalue weighted by molar-refractivity contribution is 6.30. The standard InChI is InChI=1S/C23H21ClN2O4/c1-25-22-20(21(27)15-4-3-5-19(12-15)28-2)13-17(14-26-22)23(29-10-11-30-23)16-6-8-18(24)9-7-16/h3-9,12-14H,10-11H2,1-2H3,(H,25,26). The minimum Gasteiger partial charge on any atom is -0.497 e. The molecule has 0 atom stereocenters. The second-order valence-corrected chi connectivity index (χ2v) is 7.19. The van der Waals surface area contributed by atoms with E-state index in [1.54, 1.807) is 62.8 Å². The van der Waals surface area contributed by atoms with Crippen LogP contribution in [-0.2, 0) is 15.3 Å². The molecule has 2 heterocycles. The average Bonchev–Trinajstić information content (AvgIpc) is 3.30. The molecule has 0 unspecified atom stereocenters. The summed E-state index contributed by atoms with van der Waals surface area (Å²) in [7, 11) is 3.29. The molecule has 0 radical (unpaired) electrons. The first-order valence-electron chi connectivity index (χ1n) is 9.48. The van der Waals surface area contributed by atoms with Crippen LogP contribution in [0.5, 0.6) is 5.75 Å². The second kappa shape index (κ2) is 8.44. The predicted molar refractivity (Wildman–Crippen MR) is 114 cm³/mol. The van der Waals surface area contributed by atoms with Gasteiger partial charge in [-0.15, -0.1) is 0 Å². The van der Waals surface area contributed by atoms with Crippen LogP contribution < -0.4 is 10.1 Å². The van der Waals surface area contributed by atoms with Gasteiger partial charge in [0, 0.05) is 35.0 Å². The monoisotopic (exact) mass is 424 g/mol. The number of ether oxygens (including phenoxy) is 3. The van der Waals surface area contributed by atoms with E-state index in [-0.39, 0.29) is 5.78 Å². The lowest BCUT2D eigenvalue weighted by molar-refractivity contribution is -0.130. The van der Waals surface area contributed by atoms with Crippen LogP contribution in [0.1, 0.15) is 27.0 Å². The fourth-order valence-electron chi connectivity index (χ4n) is 3.52. The van der Waals surface area contributed by atoms with E-state index in [4.69, 9.17) is 25.8 Å². The summed E-state index contributed by atoms with van der Waals surface area (Å²) < 4.78 is 17.3. The molecule has 7 heteroatoms. The summed E-state index contributed by atoms with van der Waals surface area (Å²) in [4.78, 5) is 17.8. The van der Waals surface area contributed by atoms with Gasteiger partial charge in [-0.25, -0.2) is 4.98 Å². The van der Waals surface area contributed by atoms with Crippen molar-refractivity contribution in [3.63, 3.8) is 0 Å². The summed E-state index contributed by atoms with van der Waals surface area (Å²) in [5.41, 5.74) is 2.32. The van der Waals surface area contributed by atoms with Crippen LogP contribution in [0.2, 0.25) is 5.02 Å². The van der Waals surface area contributed by atoms with Gasteiger partial charge in [0.05, 0.1) is 25.9 Å². The summed E-state index contributed by atoms with van der Waals surface area (Å²) in [6, 6.07) is 16.0. The van der Waals surface area contributed by atoms with E-state index in [1.165, 1.54) is 0 Å². The van der Waals surface area contributed by atoms with Crippen molar-refractivity contribution in [1.29, 1.82) is 0 Å². The molecule has 0 amide bonds. The Kier molecular flexibility index (Phi) is 5.72. The Morgan fingerprint density at radius 1 is 1.10 bits per heavy atom. The number of nitrogens with zero attached hydrogens (tertiary/aromatic N) is 1. The highest BCUT2D eigenvalue weighted by Gasteiger charge is 2.41. The SMILES string of the molecule is CNc1ncc(C2(c3ccc(Cl)cc3)OCCO2)cc1C(=O)c1cccc(OC)c1. The summed E-state index contributed by atoms with van der Waals surface area (Å²) in [5, 5.41) is 3.61. The Labute approximate surface area is 179 Å². The molecule has 154 valence electrons. The molecule has 6 nitrogen and oxygen atoms in total. The minimum atomic E-state index is -1.15. The van der Waals surface area contributed by atoms with Crippen LogP contribution in [-0.4, -0.2) is 38.1 Å². The van der Waals surface area contributed by atoms with Crippen LogP contribution in [0, 0.1) is 0 Å². The zero-order valence-corrected chi connectivity index (χ0v) is 17.4. The number of ketones is 1. The third-order valence-electron chi connectivity index (χ3n) is 5.00. The van der Waals surface area contributed by atoms with E-state index < -0.39 is 5.79 Å². The number of aromatic nitrogens is 1. The molecule has 0 spiro atoms. The molecule has 2 aromatic carbocycles. The predicted octanol–water partition coefficient (Wildman–Crippen LogP) is 4.26. The van der Waals surface area contributed by atoms with Crippen molar-refractivity contribution in [2.24, 2.45) is 0 Å². The smallest absolute Gasteiger partial charge is 0.224 e. The molecule has 1 N–H and O–H groups in total. The number of carbonyl (C=O) groups is 1. The number of rotatable bonds is 6. The van der Waals surface area contributed by atoms with E-state index in [0.717, 1.165) is 5.56 Å². The first-order chi connectivity index (χ1) is 14.6. The van der Waals surface area contributed by atoms with Gasteiger partial charge in [-0.05, 0) is 30.3 Å². The van der Waals surface area contributed by atoms with Crippen molar-refractivity contribution in [3.05, 3.63) is 88.1 Å². The fraction of sp³-hybridized carbons (Fsp3) is 0.217.